The summed E-state index contributed by atoms with van der Waals surface area (Å²) in [4.78, 5) is 21.6. The van der Waals surface area contributed by atoms with Gasteiger partial charge in [0.25, 0.3) is 0 Å². The average molecular weight is 632 g/mol. The molecule has 0 unspecified atom stereocenters. The summed E-state index contributed by atoms with van der Waals surface area (Å²) in [6.07, 6.45) is 5.70. The van der Waals surface area contributed by atoms with Crippen molar-refractivity contribution < 1.29 is 24.3 Å². The van der Waals surface area contributed by atoms with Gasteiger partial charge in [-0.15, -0.1) is 0 Å². The van der Waals surface area contributed by atoms with Gasteiger partial charge < -0.3 is 24.4 Å². The number of allylic oxidation sites excluding steroid dienone is 3. The smallest absolute Gasteiger partial charge is 0.335 e. The zero-order valence-corrected chi connectivity index (χ0v) is 25.1. The molecule has 0 atom stereocenters. The van der Waals surface area contributed by atoms with E-state index in [1.54, 1.807) is 25.2 Å². The summed E-state index contributed by atoms with van der Waals surface area (Å²) in [6.45, 7) is 4.93. The fourth-order valence-electron chi connectivity index (χ4n) is 5.09. The number of hydrogen-bond donors (Lipinski definition) is 2. The number of benzene rings is 1. The van der Waals surface area contributed by atoms with Crippen molar-refractivity contribution in [2.75, 3.05) is 25.0 Å². The van der Waals surface area contributed by atoms with E-state index in [1.165, 1.54) is 24.5 Å². The van der Waals surface area contributed by atoms with Crippen molar-refractivity contribution in [1.82, 2.24) is 10.1 Å². The number of carboxylic acid groups (broad SMARTS) is 1. The third-order valence-corrected chi connectivity index (χ3v) is 8.28. The van der Waals surface area contributed by atoms with E-state index in [-0.39, 0.29) is 28.2 Å². The molecule has 1 aromatic carbocycles. The molecule has 1 saturated heterocycles. The lowest BCUT2D eigenvalue weighted by Gasteiger charge is -2.39. The topological polar surface area (TPSA) is 121 Å². The van der Waals surface area contributed by atoms with Crippen LogP contribution in [0.5, 0.6) is 5.75 Å². The molecule has 0 bridgehead atoms. The van der Waals surface area contributed by atoms with E-state index in [4.69, 9.17) is 44.1 Å². The van der Waals surface area contributed by atoms with Crippen molar-refractivity contribution in [1.29, 1.82) is 0 Å². The SMILES string of the molecule is C=C(Cl)/C(=C(Cl)\C=N/C)c1noc(C2CC2)c1COc1ccc(C2(O)CCN(c3cc(C(=O)O)ccn3)CC2)c(Cl)c1. The standard InChI is InChI=1S/C30H29Cl3N4O5/c1-17(31)26(24(33)15-34-2)27-21(28(42-36-27)18-3-4-18)16-41-20-5-6-22(23(32)14-20)30(40)8-11-37(12-9-30)25-13-19(29(38)39)7-10-35-25/h5-7,10,13-15,18,40H,1,3-4,8-9,11-12,16H2,2H3,(H,38,39)/b26-24-,34-15-. The van der Waals surface area contributed by atoms with E-state index in [0.717, 1.165) is 24.2 Å². The summed E-state index contributed by atoms with van der Waals surface area (Å²) in [5, 5.41) is 25.9. The number of carboxylic acids is 1. The second-order valence-corrected chi connectivity index (χ2v) is 11.6. The second kappa shape index (κ2) is 12.5. The van der Waals surface area contributed by atoms with Crippen molar-refractivity contribution in [3.63, 3.8) is 0 Å². The van der Waals surface area contributed by atoms with Gasteiger partial charge in [0.15, 0.2) is 0 Å². The molecule has 0 radical (unpaired) electrons. The van der Waals surface area contributed by atoms with Crippen molar-refractivity contribution in [2.24, 2.45) is 4.99 Å². The molecule has 220 valence electrons. The van der Waals surface area contributed by atoms with Crippen LogP contribution in [0.4, 0.5) is 5.82 Å². The van der Waals surface area contributed by atoms with Gasteiger partial charge in [-0.2, -0.15) is 0 Å². The fraction of sp³-hybridized carbons (Fsp3) is 0.333. The summed E-state index contributed by atoms with van der Waals surface area (Å²) < 4.78 is 11.8. The molecular weight excluding hydrogens is 603 g/mol. The predicted molar refractivity (Wildman–Crippen MR) is 163 cm³/mol. The first-order valence-corrected chi connectivity index (χ1v) is 14.5. The maximum Gasteiger partial charge on any atom is 0.335 e. The third-order valence-electron chi connectivity index (χ3n) is 7.49. The van der Waals surface area contributed by atoms with E-state index >= 15 is 0 Å². The number of pyridine rings is 1. The maximum atomic E-state index is 11.5. The van der Waals surface area contributed by atoms with E-state index in [0.29, 0.717) is 59.4 Å². The normalized spacial score (nSPS) is 17.3. The van der Waals surface area contributed by atoms with Crippen LogP contribution in [0.1, 0.15) is 64.5 Å². The van der Waals surface area contributed by atoms with Gasteiger partial charge in [-0.05, 0) is 49.9 Å². The summed E-state index contributed by atoms with van der Waals surface area (Å²) >= 11 is 19.4. The van der Waals surface area contributed by atoms with Crippen molar-refractivity contribution in [3.8, 4) is 5.75 Å². The average Bonchev–Trinajstić information content (AvgIpc) is 3.72. The molecule has 2 fully saturated rings. The number of aromatic carboxylic acids is 1. The van der Waals surface area contributed by atoms with Gasteiger partial charge in [0.05, 0.1) is 26.8 Å². The van der Waals surface area contributed by atoms with Crippen molar-refractivity contribution in [3.05, 3.63) is 86.3 Å². The Hall–Kier alpha value is -3.37. The number of halogens is 3. The van der Waals surface area contributed by atoms with Crippen LogP contribution in [0.25, 0.3) is 5.57 Å². The first-order valence-electron chi connectivity index (χ1n) is 13.4. The number of rotatable bonds is 10. The number of anilines is 1. The van der Waals surface area contributed by atoms with Crippen molar-refractivity contribution in [2.45, 2.75) is 43.8 Å². The van der Waals surface area contributed by atoms with Gasteiger partial charge in [-0.25, -0.2) is 9.78 Å². The zero-order chi connectivity index (χ0) is 30.0. The first kappa shape index (κ1) is 30.1. The summed E-state index contributed by atoms with van der Waals surface area (Å²) in [5.41, 5.74) is 1.21. The minimum absolute atomic E-state index is 0.128. The van der Waals surface area contributed by atoms with Crippen LogP contribution in [0.3, 0.4) is 0 Å². The number of ether oxygens (including phenoxy) is 1. The molecule has 2 aromatic heterocycles. The first-order chi connectivity index (χ1) is 20.1. The maximum absolute atomic E-state index is 11.5. The van der Waals surface area contributed by atoms with Gasteiger partial charge in [0.2, 0.25) is 0 Å². The van der Waals surface area contributed by atoms with E-state index in [9.17, 15) is 15.0 Å². The summed E-state index contributed by atoms with van der Waals surface area (Å²) in [7, 11) is 1.60. The minimum atomic E-state index is -1.16. The molecule has 3 aromatic rings. The van der Waals surface area contributed by atoms with E-state index in [2.05, 4.69) is 21.7 Å². The third kappa shape index (κ3) is 6.34. The highest BCUT2D eigenvalue weighted by Gasteiger charge is 2.37. The fourth-order valence-corrected chi connectivity index (χ4v) is 5.98. The molecule has 12 heteroatoms. The Balaban J connectivity index is 1.32. The number of aliphatic imine (C=N–C) groups is 1. The van der Waals surface area contributed by atoms with Gasteiger partial charge in [0, 0.05) is 54.6 Å². The van der Waals surface area contributed by atoms with E-state index < -0.39 is 11.6 Å². The monoisotopic (exact) mass is 630 g/mol. The number of aliphatic hydroxyl groups is 1. The van der Waals surface area contributed by atoms with Crippen molar-refractivity contribution >= 4 is 58.4 Å². The summed E-state index contributed by atoms with van der Waals surface area (Å²) in [6, 6.07) is 8.20. The Morgan fingerprint density at radius 2 is 2.00 bits per heavy atom. The Kier molecular flexibility index (Phi) is 8.94. The molecule has 5 rings (SSSR count). The quantitative estimate of drug-likeness (QED) is 0.186. The predicted octanol–water partition coefficient (Wildman–Crippen LogP) is 6.77. The lowest BCUT2D eigenvalue weighted by molar-refractivity contribution is 0.0117. The summed E-state index contributed by atoms with van der Waals surface area (Å²) in [5.74, 6) is 1.03. The molecule has 9 nitrogen and oxygen atoms in total. The minimum Gasteiger partial charge on any atom is -0.489 e. The Bertz CT molecular complexity index is 1570. The molecular formula is C30H29Cl3N4O5. The lowest BCUT2D eigenvalue weighted by atomic mass is 9.84. The van der Waals surface area contributed by atoms with Crippen LogP contribution in [0.2, 0.25) is 5.02 Å². The number of nitrogens with zero attached hydrogens (tertiary/aromatic N) is 4. The lowest BCUT2D eigenvalue weighted by Crippen LogP contribution is -2.43. The number of piperidine rings is 1. The second-order valence-electron chi connectivity index (χ2n) is 10.3. The Morgan fingerprint density at radius 1 is 1.26 bits per heavy atom. The molecule has 1 aliphatic carbocycles. The highest BCUT2D eigenvalue weighted by Crippen LogP contribution is 2.45. The molecule has 1 saturated carbocycles. The van der Waals surface area contributed by atoms with Gasteiger partial charge in [-0.1, -0.05) is 52.6 Å². The molecule has 42 heavy (non-hydrogen) atoms. The van der Waals surface area contributed by atoms with Crippen LogP contribution >= 0.6 is 34.8 Å². The molecule has 2 N–H and O–H groups in total. The van der Waals surface area contributed by atoms with Crippen LogP contribution in [-0.4, -0.2) is 52.7 Å². The van der Waals surface area contributed by atoms with Crippen LogP contribution in [-0.2, 0) is 12.2 Å². The number of hydrogen-bond acceptors (Lipinski definition) is 8. The highest BCUT2D eigenvalue weighted by molar-refractivity contribution is 6.47. The van der Waals surface area contributed by atoms with Gasteiger partial charge in [-0.3, -0.25) is 4.99 Å². The molecule has 0 amide bonds. The highest BCUT2D eigenvalue weighted by atomic mass is 35.5. The largest absolute Gasteiger partial charge is 0.489 e. The van der Waals surface area contributed by atoms with Crippen LogP contribution < -0.4 is 9.64 Å². The molecule has 0 spiro atoms. The molecule has 2 aliphatic rings. The molecule has 1 aliphatic heterocycles. The number of carbonyl (C=O) groups is 1. The van der Waals surface area contributed by atoms with Gasteiger partial charge in [0.1, 0.15) is 29.6 Å². The number of aromatic nitrogens is 2. The zero-order valence-electron chi connectivity index (χ0n) is 22.8. The van der Waals surface area contributed by atoms with E-state index in [1.807, 2.05) is 4.90 Å². The molecule has 3 heterocycles. The Labute approximate surface area is 258 Å². The van der Waals surface area contributed by atoms with Gasteiger partial charge >= 0.3 is 5.97 Å². The van der Waals surface area contributed by atoms with Crippen LogP contribution in [0, 0.1) is 0 Å². The van der Waals surface area contributed by atoms with Crippen LogP contribution in [0.15, 0.2) is 62.7 Å². The Morgan fingerprint density at radius 3 is 2.62 bits per heavy atom.